The second kappa shape index (κ2) is 9.26. The number of ether oxygens (including phenoxy) is 2. The second-order valence-electron chi connectivity index (χ2n) is 6.99. The predicted octanol–water partition coefficient (Wildman–Crippen LogP) is 3.02. The van der Waals surface area contributed by atoms with Crippen molar-refractivity contribution in [2.24, 2.45) is 7.05 Å². The molecule has 1 aliphatic heterocycles. The van der Waals surface area contributed by atoms with Gasteiger partial charge in [-0.1, -0.05) is 12.1 Å². The summed E-state index contributed by atoms with van der Waals surface area (Å²) in [4.78, 5) is 4.20. The predicted molar refractivity (Wildman–Crippen MR) is 98.4 cm³/mol. The molecule has 1 saturated heterocycles. The molecule has 0 saturated carbocycles. The molecule has 1 N–H and O–H groups in total. The van der Waals surface area contributed by atoms with E-state index in [2.05, 4.69) is 10.3 Å². The maximum atomic E-state index is 13.5. The molecule has 2 heterocycles. The van der Waals surface area contributed by atoms with E-state index in [-0.39, 0.29) is 18.0 Å². The SMILES string of the molecule is COCCC(Cc1cccc(F)c1)NC1CCOC(c2cncn2C)C1. The van der Waals surface area contributed by atoms with Gasteiger partial charge in [0, 0.05) is 39.5 Å². The molecule has 142 valence electrons. The minimum Gasteiger partial charge on any atom is -0.385 e. The van der Waals surface area contributed by atoms with Crippen LogP contribution in [0.5, 0.6) is 0 Å². The highest BCUT2D eigenvalue weighted by molar-refractivity contribution is 5.17. The van der Waals surface area contributed by atoms with Gasteiger partial charge in [-0.05, 0) is 43.4 Å². The van der Waals surface area contributed by atoms with Gasteiger partial charge in [0.2, 0.25) is 0 Å². The average Bonchev–Trinajstić information content (AvgIpc) is 3.06. The fourth-order valence-corrected chi connectivity index (χ4v) is 3.62. The van der Waals surface area contributed by atoms with Gasteiger partial charge < -0.3 is 19.4 Å². The minimum atomic E-state index is -0.185. The number of hydrogen-bond donors (Lipinski definition) is 1. The normalized spacial score (nSPS) is 21.7. The molecule has 6 heteroatoms. The van der Waals surface area contributed by atoms with Crippen LogP contribution >= 0.6 is 0 Å². The quantitative estimate of drug-likeness (QED) is 0.785. The fraction of sp³-hybridized carbons (Fsp3) is 0.550. The molecular formula is C20H28FN3O2. The van der Waals surface area contributed by atoms with E-state index in [0.29, 0.717) is 12.6 Å². The van der Waals surface area contributed by atoms with Crippen molar-refractivity contribution in [2.75, 3.05) is 20.3 Å². The summed E-state index contributed by atoms with van der Waals surface area (Å²) in [5.41, 5.74) is 2.11. The van der Waals surface area contributed by atoms with Crippen molar-refractivity contribution < 1.29 is 13.9 Å². The molecule has 26 heavy (non-hydrogen) atoms. The minimum absolute atomic E-state index is 0.0611. The maximum absolute atomic E-state index is 13.5. The Hall–Kier alpha value is -1.76. The van der Waals surface area contributed by atoms with Crippen LogP contribution in [0, 0.1) is 5.82 Å². The van der Waals surface area contributed by atoms with E-state index in [4.69, 9.17) is 9.47 Å². The largest absolute Gasteiger partial charge is 0.385 e. The Bertz CT molecular complexity index is 691. The van der Waals surface area contributed by atoms with Crippen LogP contribution in [0.4, 0.5) is 4.39 Å². The third-order valence-electron chi connectivity index (χ3n) is 4.98. The van der Waals surface area contributed by atoms with Crippen molar-refractivity contribution in [2.45, 2.75) is 43.9 Å². The summed E-state index contributed by atoms with van der Waals surface area (Å²) in [6.07, 6.45) is 7.30. The van der Waals surface area contributed by atoms with Crippen molar-refractivity contribution in [3.63, 3.8) is 0 Å². The molecule has 1 aliphatic rings. The molecule has 0 spiro atoms. The lowest BCUT2D eigenvalue weighted by molar-refractivity contribution is -0.00625. The third-order valence-corrected chi connectivity index (χ3v) is 4.98. The number of aromatic nitrogens is 2. The molecule has 0 bridgehead atoms. The first-order valence-electron chi connectivity index (χ1n) is 9.23. The zero-order valence-electron chi connectivity index (χ0n) is 15.5. The van der Waals surface area contributed by atoms with Crippen molar-refractivity contribution in [1.82, 2.24) is 14.9 Å². The first-order valence-corrected chi connectivity index (χ1v) is 9.23. The van der Waals surface area contributed by atoms with Crippen molar-refractivity contribution >= 4 is 0 Å². The van der Waals surface area contributed by atoms with Crippen molar-refractivity contribution in [3.8, 4) is 0 Å². The Labute approximate surface area is 154 Å². The van der Waals surface area contributed by atoms with E-state index >= 15 is 0 Å². The molecule has 0 aliphatic carbocycles. The molecule has 3 rings (SSSR count). The van der Waals surface area contributed by atoms with Crippen molar-refractivity contribution in [1.29, 1.82) is 0 Å². The molecule has 5 nitrogen and oxygen atoms in total. The molecule has 1 fully saturated rings. The Balaban J connectivity index is 1.63. The summed E-state index contributed by atoms with van der Waals surface area (Å²) >= 11 is 0. The molecule has 3 unspecified atom stereocenters. The average molecular weight is 361 g/mol. The van der Waals surface area contributed by atoms with Gasteiger partial charge in [0.1, 0.15) is 11.9 Å². The van der Waals surface area contributed by atoms with Gasteiger partial charge in [-0.15, -0.1) is 0 Å². The van der Waals surface area contributed by atoms with Gasteiger partial charge in [0.05, 0.1) is 18.2 Å². The Morgan fingerprint density at radius 2 is 2.35 bits per heavy atom. The van der Waals surface area contributed by atoms with E-state index in [1.165, 1.54) is 6.07 Å². The molecule has 1 aromatic heterocycles. The fourth-order valence-electron chi connectivity index (χ4n) is 3.62. The molecule has 1 aromatic carbocycles. The summed E-state index contributed by atoms with van der Waals surface area (Å²) in [7, 11) is 3.71. The number of hydrogen-bond acceptors (Lipinski definition) is 4. The Kier molecular flexibility index (Phi) is 6.77. The zero-order valence-corrected chi connectivity index (χ0v) is 15.5. The van der Waals surface area contributed by atoms with Crippen LogP contribution in [0.15, 0.2) is 36.8 Å². The van der Waals surface area contributed by atoms with Gasteiger partial charge in [0.15, 0.2) is 0 Å². The van der Waals surface area contributed by atoms with Crippen LogP contribution in [0.2, 0.25) is 0 Å². The number of aryl methyl sites for hydroxylation is 1. The summed E-state index contributed by atoms with van der Waals surface area (Å²) in [5.74, 6) is -0.185. The molecule has 3 atom stereocenters. The molecule has 2 aromatic rings. The monoisotopic (exact) mass is 361 g/mol. The lowest BCUT2D eigenvalue weighted by Crippen LogP contribution is -2.44. The van der Waals surface area contributed by atoms with Gasteiger partial charge in [-0.2, -0.15) is 0 Å². The van der Waals surface area contributed by atoms with Crippen LogP contribution in [0.3, 0.4) is 0 Å². The van der Waals surface area contributed by atoms with Gasteiger partial charge in [-0.25, -0.2) is 9.37 Å². The number of imidazole rings is 1. The standard InChI is InChI=1S/C20H28FN3O2/c1-24-14-22-13-19(24)20-12-18(7-9-26-20)23-17(6-8-25-2)11-15-4-3-5-16(21)10-15/h3-5,10,13-14,17-18,20,23H,6-9,11-12H2,1-2H3. The van der Waals surface area contributed by atoms with E-state index in [1.54, 1.807) is 25.6 Å². The van der Waals surface area contributed by atoms with E-state index in [0.717, 1.165) is 43.5 Å². The number of halogens is 1. The summed E-state index contributed by atoms with van der Waals surface area (Å²) in [6, 6.07) is 7.45. The van der Waals surface area contributed by atoms with Crippen LogP contribution in [0.25, 0.3) is 0 Å². The first kappa shape index (κ1) is 19.0. The molecule has 0 radical (unpaired) electrons. The van der Waals surface area contributed by atoms with Crippen molar-refractivity contribution in [3.05, 3.63) is 53.9 Å². The number of nitrogens with zero attached hydrogens (tertiary/aromatic N) is 2. The highest BCUT2D eigenvalue weighted by Crippen LogP contribution is 2.28. The van der Waals surface area contributed by atoms with Gasteiger partial charge >= 0.3 is 0 Å². The Morgan fingerprint density at radius 1 is 1.46 bits per heavy atom. The van der Waals surface area contributed by atoms with E-state index in [9.17, 15) is 4.39 Å². The van der Waals surface area contributed by atoms with E-state index in [1.807, 2.05) is 23.9 Å². The second-order valence-corrected chi connectivity index (χ2v) is 6.99. The lowest BCUT2D eigenvalue weighted by Gasteiger charge is -2.33. The summed E-state index contributed by atoms with van der Waals surface area (Å²) in [5, 5.41) is 3.76. The van der Waals surface area contributed by atoms with Crippen LogP contribution < -0.4 is 5.32 Å². The van der Waals surface area contributed by atoms with Crippen LogP contribution in [-0.2, 0) is 22.9 Å². The summed E-state index contributed by atoms with van der Waals surface area (Å²) in [6.45, 7) is 1.41. The van der Waals surface area contributed by atoms with Gasteiger partial charge in [0.25, 0.3) is 0 Å². The topological polar surface area (TPSA) is 48.3 Å². The van der Waals surface area contributed by atoms with Crippen LogP contribution in [-0.4, -0.2) is 42.0 Å². The number of benzene rings is 1. The third kappa shape index (κ3) is 5.13. The van der Waals surface area contributed by atoms with Gasteiger partial charge in [-0.3, -0.25) is 0 Å². The summed E-state index contributed by atoms with van der Waals surface area (Å²) < 4.78 is 26.7. The Morgan fingerprint density at radius 3 is 3.08 bits per heavy atom. The van der Waals surface area contributed by atoms with Crippen LogP contribution in [0.1, 0.15) is 36.6 Å². The maximum Gasteiger partial charge on any atom is 0.123 e. The van der Waals surface area contributed by atoms with E-state index < -0.39 is 0 Å². The number of methoxy groups -OCH3 is 1. The zero-order chi connectivity index (χ0) is 18.4. The smallest absolute Gasteiger partial charge is 0.123 e. The number of rotatable bonds is 8. The number of nitrogens with one attached hydrogen (secondary N) is 1. The highest BCUT2D eigenvalue weighted by Gasteiger charge is 2.27. The molecular weight excluding hydrogens is 333 g/mol. The lowest BCUT2D eigenvalue weighted by atomic mass is 9.97. The molecule has 0 amide bonds. The highest BCUT2D eigenvalue weighted by atomic mass is 19.1. The first-order chi connectivity index (χ1) is 12.7.